The molecule has 1 aliphatic heterocycles. The van der Waals surface area contributed by atoms with E-state index in [1.165, 1.54) is 32.4 Å². The van der Waals surface area contributed by atoms with Crippen LogP contribution in [0.25, 0.3) is 6.08 Å². The molecule has 0 saturated carbocycles. The van der Waals surface area contributed by atoms with Gasteiger partial charge >= 0.3 is 6.18 Å². The fourth-order valence-electron chi connectivity index (χ4n) is 2.57. The van der Waals surface area contributed by atoms with E-state index in [0.717, 1.165) is 17.8 Å². The fraction of sp³-hybridized carbons (Fsp3) is 0.158. The lowest BCUT2D eigenvalue weighted by atomic mass is 10.1. The molecule has 1 N–H and O–H groups in total. The van der Waals surface area contributed by atoms with Crippen molar-refractivity contribution in [1.82, 2.24) is 5.32 Å². The zero-order chi connectivity index (χ0) is 20.3. The van der Waals surface area contributed by atoms with Gasteiger partial charge < -0.3 is 14.8 Å². The summed E-state index contributed by atoms with van der Waals surface area (Å²) in [5, 5.41) is 2.55. The Hall–Kier alpha value is -2.94. The van der Waals surface area contributed by atoms with Gasteiger partial charge in [-0.15, -0.1) is 0 Å². The van der Waals surface area contributed by atoms with Crippen LogP contribution >= 0.6 is 11.8 Å². The van der Waals surface area contributed by atoms with Crippen LogP contribution in [0.2, 0.25) is 0 Å². The minimum atomic E-state index is -4.54. The largest absolute Gasteiger partial charge is 0.493 e. The molecule has 0 atom stereocenters. The Labute approximate surface area is 163 Å². The van der Waals surface area contributed by atoms with Crippen molar-refractivity contribution in [1.29, 1.82) is 0 Å². The van der Waals surface area contributed by atoms with Crippen LogP contribution in [0.1, 0.15) is 11.1 Å². The Morgan fingerprint density at radius 2 is 1.82 bits per heavy atom. The number of para-hydroxylation sites is 2. The van der Waals surface area contributed by atoms with Crippen molar-refractivity contribution in [3.05, 3.63) is 58.5 Å². The van der Waals surface area contributed by atoms with Gasteiger partial charge in [0.15, 0.2) is 16.7 Å². The number of rotatable bonds is 4. The number of benzene rings is 2. The second kappa shape index (κ2) is 7.97. The number of hydrogen-bond donors (Lipinski definition) is 1. The average molecular weight is 408 g/mol. The first-order valence-corrected chi connectivity index (χ1v) is 8.82. The third-order valence-electron chi connectivity index (χ3n) is 3.80. The Morgan fingerprint density at radius 3 is 2.50 bits per heavy atom. The Balaban J connectivity index is 1.94. The van der Waals surface area contributed by atoms with Crippen LogP contribution in [0.4, 0.5) is 18.9 Å². The highest BCUT2D eigenvalue weighted by Gasteiger charge is 2.34. The van der Waals surface area contributed by atoms with Crippen LogP contribution < -0.4 is 14.8 Å². The fourth-order valence-corrected chi connectivity index (χ4v) is 3.39. The number of aliphatic imine (C=N–C) groups is 1. The maximum Gasteiger partial charge on any atom is 0.418 e. The summed E-state index contributed by atoms with van der Waals surface area (Å²) in [6.45, 7) is 0. The van der Waals surface area contributed by atoms with Crippen molar-refractivity contribution in [2.24, 2.45) is 4.99 Å². The third-order valence-corrected chi connectivity index (χ3v) is 4.71. The summed E-state index contributed by atoms with van der Waals surface area (Å²) in [6.07, 6.45) is -2.97. The number of alkyl halides is 3. The van der Waals surface area contributed by atoms with E-state index in [0.29, 0.717) is 17.1 Å². The van der Waals surface area contributed by atoms with E-state index in [4.69, 9.17) is 9.47 Å². The molecule has 146 valence electrons. The number of carbonyl (C=O) groups excluding carboxylic acids is 1. The molecule has 0 aromatic heterocycles. The van der Waals surface area contributed by atoms with Crippen LogP contribution in [0.5, 0.6) is 11.5 Å². The first kappa shape index (κ1) is 19.8. The van der Waals surface area contributed by atoms with Crippen LogP contribution in [0.3, 0.4) is 0 Å². The number of amides is 1. The molecule has 1 amide bonds. The summed E-state index contributed by atoms with van der Waals surface area (Å²) < 4.78 is 49.9. The Kier molecular flexibility index (Phi) is 5.64. The van der Waals surface area contributed by atoms with Gasteiger partial charge in [-0.1, -0.05) is 24.3 Å². The van der Waals surface area contributed by atoms with Gasteiger partial charge in [-0.3, -0.25) is 4.79 Å². The number of carbonyl (C=O) groups is 1. The molecule has 0 aliphatic carbocycles. The van der Waals surface area contributed by atoms with Gasteiger partial charge in [0, 0.05) is 5.56 Å². The number of ether oxygens (including phenoxy) is 2. The van der Waals surface area contributed by atoms with Gasteiger partial charge in [0.25, 0.3) is 5.91 Å². The molecule has 9 heteroatoms. The highest BCUT2D eigenvalue weighted by molar-refractivity contribution is 8.18. The summed E-state index contributed by atoms with van der Waals surface area (Å²) in [5.74, 6) is 0.477. The molecular formula is C19H15F3N2O3S. The summed E-state index contributed by atoms with van der Waals surface area (Å²) in [5.41, 5.74) is -0.543. The quantitative estimate of drug-likeness (QED) is 0.751. The standard InChI is InChI=1S/C19H15F3N2O3S/c1-26-14-9-5-6-11(16(14)27-2)10-15-17(25)24-18(28-15)23-13-8-4-3-7-12(13)19(20,21)22/h3-10H,1-2H3,(H,23,24,25)/b15-10-. The molecule has 0 unspecified atom stereocenters. The van der Waals surface area contributed by atoms with Crippen molar-refractivity contribution < 1.29 is 27.4 Å². The van der Waals surface area contributed by atoms with Crippen molar-refractivity contribution in [2.45, 2.75) is 6.18 Å². The molecule has 2 aromatic rings. The predicted octanol–water partition coefficient (Wildman–Crippen LogP) is 4.61. The van der Waals surface area contributed by atoms with Crippen LogP contribution in [0, 0.1) is 0 Å². The van der Waals surface area contributed by atoms with E-state index in [-0.39, 0.29) is 15.8 Å². The average Bonchev–Trinajstić information content (AvgIpc) is 3.00. The normalized spacial score (nSPS) is 17.1. The molecule has 1 saturated heterocycles. The second-order valence-corrected chi connectivity index (χ2v) is 6.61. The van der Waals surface area contributed by atoms with E-state index in [9.17, 15) is 18.0 Å². The summed E-state index contributed by atoms with van der Waals surface area (Å²) in [4.78, 5) is 16.5. The molecule has 2 aromatic carbocycles. The van der Waals surface area contributed by atoms with Gasteiger partial charge in [0.05, 0.1) is 30.4 Å². The molecular weight excluding hydrogens is 393 g/mol. The first-order valence-electron chi connectivity index (χ1n) is 8.00. The molecule has 0 spiro atoms. The monoisotopic (exact) mass is 408 g/mol. The molecule has 1 fully saturated rings. The van der Waals surface area contributed by atoms with Crippen LogP contribution in [-0.4, -0.2) is 25.3 Å². The van der Waals surface area contributed by atoms with Gasteiger partial charge in [-0.05, 0) is 36.0 Å². The lowest BCUT2D eigenvalue weighted by Gasteiger charge is -2.10. The number of nitrogens with zero attached hydrogens (tertiary/aromatic N) is 1. The zero-order valence-electron chi connectivity index (χ0n) is 14.8. The maximum absolute atomic E-state index is 13.1. The smallest absolute Gasteiger partial charge is 0.418 e. The minimum Gasteiger partial charge on any atom is -0.493 e. The van der Waals surface area contributed by atoms with E-state index in [2.05, 4.69) is 10.3 Å². The Morgan fingerprint density at radius 1 is 1.07 bits per heavy atom. The van der Waals surface area contributed by atoms with Crippen molar-refractivity contribution >= 4 is 34.6 Å². The van der Waals surface area contributed by atoms with Gasteiger partial charge in [0.2, 0.25) is 0 Å². The van der Waals surface area contributed by atoms with E-state index < -0.39 is 17.6 Å². The lowest BCUT2D eigenvalue weighted by Crippen LogP contribution is -2.19. The molecule has 0 bridgehead atoms. The van der Waals surface area contributed by atoms with Crippen molar-refractivity contribution in [3.8, 4) is 11.5 Å². The highest BCUT2D eigenvalue weighted by Crippen LogP contribution is 2.38. The SMILES string of the molecule is COc1cccc(/C=C2\SC(=Nc3ccccc3C(F)(F)F)NC2=O)c1OC. The molecule has 1 aliphatic rings. The zero-order valence-corrected chi connectivity index (χ0v) is 15.6. The minimum absolute atomic E-state index is 0.0646. The van der Waals surface area contributed by atoms with Crippen molar-refractivity contribution in [2.75, 3.05) is 14.2 Å². The molecule has 3 rings (SSSR count). The highest BCUT2D eigenvalue weighted by atomic mass is 32.2. The van der Waals surface area contributed by atoms with Gasteiger partial charge in [-0.25, -0.2) is 4.99 Å². The summed E-state index contributed by atoms with van der Waals surface area (Å²) in [7, 11) is 2.97. The molecule has 0 radical (unpaired) electrons. The predicted molar refractivity (Wildman–Crippen MR) is 102 cm³/mol. The number of nitrogens with one attached hydrogen (secondary N) is 1. The number of thioether (sulfide) groups is 1. The number of amidine groups is 1. The molecule has 28 heavy (non-hydrogen) atoms. The van der Waals surface area contributed by atoms with Crippen LogP contribution in [-0.2, 0) is 11.0 Å². The van der Waals surface area contributed by atoms with Gasteiger partial charge in [-0.2, -0.15) is 13.2 Å². The number of halogens is 3. The molecule has 5 nitrogen and oxygen atoms in total. The topological polar surface area (TPSA) is 59.9 Å². The summed E-state index contributed by atoms with van der Waals surface area (Å²) >= 11 is 0.947. The van der Waals surface area contributed by atoms with Crippen LogP contribution in [0.15, 0.2) is 52.4 Å². The van der Waals surface area contributed by atoms with Gasteiger partial charge in [0.1, 0.15) is 0 Å². The van der Waals surface area contributed by atoms with E-state index in [1.807, 2.05) is 0 Å². The number of hydrogen-bond acceptors (Lipinski definition) is 5. The third kappa shape index (κ3) is 4.14. The van der Waals surface area contributed by atoms with Crippen molar-refractivity contribution in [3.63, 3.8) is 0 Å². The summed E-state index contributed by atoms with van der Waals surface area (Å²) in [6, 6.07) is 10.1. The lowest BCUT2D eigenvalue weighted by molar-refractivity contribution is -0.137. The second-order valence-electron chi connectivity index (χ2n) is 5.58. The maximum atomic E-state index is 13.1. The Bertz CT molecular complexity index is 971. The first-order chi connectivity index (χ1) is 13.3. The van der Waals surface area contributed by atoms with E-state index >= 15 is 0 Å². The number of methoxy groups -OCH3 is 2. The van der Waals surface area contributed by atoms with E-state index in [1.54, 1.807) is 24.3 Å². The molecule has 1 heterocycles.